The summed E-state index contributed by atoms with van der Waals surface area (Å²) in [6.07, 6.45) is 4.66. The maximum atomic E-state index is 4.61. The van der Waals surface area contributed by atoms with Crippen LogP contribution in [-0.4, -0.2) is 21.6 Å². The maximum absolute atomic E-state index is 4.61. The van der Waals surface area contributed by atoms with Crippen molar-refractivity contribution < 1.29 is 0 Å². The summed E-state index contributed by atoms with van der Waals surface area (Å²) in [5, 5.41) is 3.27. The van der Waals surface area contributed by atoms with Gasteiger partial charge in [0.15, 0.2) is 0 Å². The zero-order valence-corrected chi connectivity index (χ0v) is 9.36. The van der Waals surface area contributed by atoms with E-state index in [1.165, 1.54) is 0 Å². The fourth-order valence-corrected chi connectivity index (χ4v) is 1.88. The number of hydrogen-bond acceptors (Lipinski definition) is 3. The van der Waals surface area contributed by atoms with E-state index in [9.17, 15) is 0 Å². The lowest BCUT2D eigenvalue weighted by atomic mass is 10.2. The van der Waals surface area contributed by atoms with Crippen LogP contribution in [0.5, 0.6) is 0 Å². The first-order valence-corrected chi connectivity index (χ1v) is 5.21. The van der Waals surface area contributed by atoms with Crippen molar-refractivity contribution in [3.8, 4) is 0 Å². The number of aromatic nitrogens is 3. The monoisotopic (exact) mass is 204 g/mol. The van der Waals surface area contributed by atoms with E-state index in [1.807, 2.05) is 26.4 Å². The highest BCUT2D eigenvalue weighted by Gasteiger charge is 2.14. The summed E-state index contributed by atoms with van der Waals surface area (Å²) < 4.78 is 2.10. The summed E-state index contributed by atoms with van der Waals surface area (Å²) in [6, 6.07) is 2.25. The lowest BCUT2D eigenvalue weighted by Crippen LogP contribution is -2.19. The van der Waals surface area contributed by atoms with Crippen LogP contribution in [0.1, 0.15) is 25.2 Å². The molecule has 80 valence electrons. The number of pyridine rings is 1. The fourth-order valence-electron chi connectivity index (χ4n) is 1.88. The normalized spacial score (nSPS) is 13.3. The molecule has 0 bridgehead atoms. The average Bonchev–Trinajstić information content (AvgIpc) is 2.60. The van der Waals surface area contributed by atoms with E-state index in [2.05, 4.69) is 26.8 Å². The molecule has 1 atom stereocenters. The first-order valence-electron chi connectivity index (χ1n) is 5.21. The van der Waals surface area contributed by atoms with Crippen molar-refractivity contribution in [2.45, 2.75) is 19.4 Å². The molecular formula is C11H16N4. The first kappa shape index (κ1) is 10.1. The molecular weight excluding hydrogens is 188 g/mol. The third-order valence-corrected chi connectivity index (χ3v) is 2.79. The standard InChI is InChI=1S/C11H16N4/c1-4-8(12-2)11-14-9-5-6-13-7-10(9)15(11)3/h5-8,12H,4H2,1-3H3. The van der Waals surface area contributed by atoms with Crippen molar-refractivity contribution >= 4 is 11.0 Å². The van der Waals surface area contributed by atoms with Crippen LogP contribution in [0.2, 0.25) is 0 Å². The van der Waals surface area contributed by atoms with E-state index in [4.69, 9.17) is 0 Å². The summed E-state index contributed by atoms with van der Waals surface area (Å²) in [4.78, 5) is 8.73. The van der Waals surface area contributed by atoms with Crippen molar-refractivity contribution in [2.75, 3.05) is 7.05 Å². The summed E-state index contributed by atoms with van der Waals surface area (Å²) in [7, 11) is 4.00. The van der Waals surface area contributed by atoms with E-state index < -0.39 is 0 Å². The molecule has 0 saturated carbocycles. The number of nitrogens with one attached hydrogen (secondary N) is 1. The molecule has 0 amide bonds. The lowest BCUT2D eigenvalue weighted by Gasteiger charge is -2.13. The number of rotatable bonds is 3. The van der Waals surface area contributed by atoms with Gasteiger partial charge in [0.2, 0.25) is 0 Å². The summed E-state index contributed by atoms with van der Waals surface area (Å²) in [6.45, 7) is 2.15. The van der Waals surface area contributed by atoms with Crippen LogP contribution in [0.15, 0.2) is 18.5 Å². The molecule has 15 heavy (non-hydrogen) atoms. The smallest absolute Gasteiger partial charge is 0.126 e. The molecule has 2 rings (SSSR count). The maximum Gasteiger partial charge on any atom is 0.126 e. The molecule has 0 spiro atoms. The third kappa shape index (κ3) is 1.61. The Hall–Kier alpha value is -1.42. The molecule has 0 aromatic carbocycles. The van der Waals surface area contributed by atoms with Crippen molar-refractivity contribution in [2.24, 2.45) is 7.05 Å². The molecule has 0 aliphatic rings. The van der Waals surface area contributed by atoms with E-state index in [-0.39, 0.29) is 0 Å². The Morgan fingerprint density at radius 1 is 1.53 bits per heavy atom. The van der Waals surface area contributed by atoms with Gasteiger partial charge >= 0.3 is 0 Å². The lowest BCUT2D eigenvalue weighted by molar-refractivity contribution is 0.529. The largest absolute Gasteiger partial charge is 0.329 e. The molecule has 2 aromatic rings. The second-order valence-corrected chi connectivity index (χ2v) is 3.64. The van der Waals surface area contributed by atoms with Crippen molar-refractivity contribution in [3.05, 3.63) is 24.3 Å². The molecule has 4 heteroatoms. The van der Waals surface area contributed by atoms with Crippen LogP contribution < -0.4 is 5.32 Å². The molecule has 4 nitrogen and oxygen atoms in total. The molecule has 1 unspecified atom stereocenters. The molecule has 0 aliphatic heterocycles. The van der Waals surface area contributed by atoms with Gasteiger partial charge in [-0.05, 0) is 19.5 Å². The molecule has 1 N–H and O–H groups in total. The van der Waals surface area contributed by atoms with Crippen molar-refractivity contribution in [1.82, 2.24) is 19.9 Å². The Labute approximate surface area is 89.3 Å². The summed E-state index contributed by atoms with van der Waals surface area (Å²) in [5.74, 6) is 1.07. The number of imidazole rings is 1. The minimum absolute atomic E-state index is 0.308. The molecule has 0 fully saturated rings. The molecule has 0 aliphatic carbocycles. The number of nitrogens with zero attached hydrogens (tertiary/aromatic N) is 3. The topological polar surface area (TPSA) is 42.7 Å². The number of hydrogen-bond donors (Lipinski definition) is 1. The summed E-state index contributed by atoms with van der Waals surface area (Å²) >= 11 is 0. The van der Waals surface area contributed by atoms with Gasteiger partial charge in [-0.25, -0.2) is 4.98 Å². The van der Waals surface area contributed by atoms with Crippen molar-refractivity contribution in [3.63, 3.8) is 0 Å². The molecule has 0 saturated heterocycles. The highest BCUT2D eigenvalue weighted by atomic mass is 15.1. The predicted molar refractivity (Wildman–Crippen MR) is 60.6 cm³/mol. The zero-order chi connectivity index (χ0) is 10.8. The van der Waals surface area contributed by atoms with E-state index in [0.717, 1.165) is 23.3 Å². The molecule has 2 heterocycles. The third-order valence-electron chi connectivity index (χ3n) is 2.79. The highest BCUT2D eigenvalue weighted by molar-refractivity contribution is 5.74. The van der Waals surface area contributed by atoms with Gasteiger partial charge < -0.3 is 9.88 Å². The van der Waals surface area contributed by atoms with Gasteiger partial charge in [-0.1, -0.05) is 6.92 Å². The van der Waals surface area contributed by atoms with Crippen LogP contribution in [-0.2, 0) is 7.05 Å². The Morgan fingerprint density at radius 2 is 2.33 bits per heavy atom. The Balaban J connectivity index is 2.57. The average molecular weight is 204 g/mol. The van der Waals surface area contributed by atoms with Crippen LogP contribution in [0, 0.1) is 0 Å². The zero-order valence-electron chi connectivity index (χ0n) is 9.36. The van der Waals surface area contributed by atoms with Gasteiger partial charge in [0.25, 0.3) is 0 Å². The van der Waals surface area contributed by atoms with Gasteiger partial charge in [0.1, 0.15) is 5.82 Å². The Kier molecular flexibility index (Phi) is 2.68. The molecule has 2 aromatic heterocycles. The number of aryl methyl sites for hydroxylation is 1. The molecule has 0 radical (unpaired) electrons. The van der Waals surface area contributed by atoms with Gasteiger partial charge in [-0.15, -0.1) is 0 Å². The first-order chi connectivity index (χ1) is 7.27. The highest BCUT2D eigenvalue weighted by Crippen LogP contribution is 2.20. The van der Waals surface area contributed by atoms with E-state index in [1.54, 1.807) is 6.20 Å². The van der Waals surface area contributed by atoms with E-state index in [0.29, 0.717) is 6.04 Å². The van der Waals surface area contributed by atoms with E-state index >= 15 is 0 Å². The van der Waals surface area contributed by atoms with Crippen LogP contribution in [0.3, 0.4) is 0 Å². The quantitative estimate of drug-likeness (QED) is 0.826. The Bertz CT molecular complexity index is 457. The number of fused-ring (bicyclic) bond motifs is 1. The second-order valence-electron chi connectivity index (χ2n) is 3.64. The minimum atomic E-state index is 0.308. The SMILES string of the molecule is CCC(NC)c1nc2ccncc2n1C. The van der Waals surface area contributed by atoms with Gasteiger partial charge in [-0.3, -0.25) is 4.98 Å². The van der Waals surface area contributed by atoms with Gasteiger partial charge in [0.05, 0.1) is 23.3 Å². The minimum Gasteiger partial charge on any atom is -0.329 e. The van der Waals surface area contributed by atoms with Crippen LogP contribution in [0.4, 0.5) is 0 Å². The second kappa shape index (κ2) is 3.98. The van der Waals surface area contributed by atoms with Crippen LogP contribution in [0.25, 0.3) is 11.0 Å². The fraction of sp³-hybridized carbons (Fsp3) is 0.455. The van der Waals surface area contributed by atoms with Gasteiger partial charge in [-0.2, -0.15) is 0 Å². The van der Waals surface area contributed by atoms with Gasteiger partial charge in [0, 0.05) is 13.2 Å². The summed E-state index contributed by atoms with van der Waals surface area (Å²) in [5.41, 5.74) is 2.09. The van der Waals surface area contributed by atoms with Crippen molar-refractivity contribution in [1.29, 1.82) is 0 Å². The van der Waals surface area contributed by atoms with Crippen LogP contribution >= 0.6 is 0 Å². The Morgan fingerprint density at radius 3 is 2.93 bits per heavy atom. The predicted octanol–water partition coefficient (Wildman–Crippen LogP) is 1.64.